The van der Waals surface area contributed by atoms with Crippen LogP contribution in [0.4, 0.5) is 0 Å². The van der Waals surface area contributed by atoms with E-state index in [1.165, 1.54) is 11.6 Å². The minimum Gasteiger partial charge on any atom is -0.497 e. The lowest BCUT2D eigenvalue weighted by Crippen LogP contribution is -2.57. The molecule has 1 aromatic carbocycles. The van der Waals surface area contributed by atoms with Gasteiger partial charge in [-0.1, -0.05) is 18.7 Å². The van der Waals surface area contributed by atoms with Crippen molar-refractivity contribution in [2.45, 2.75) is 25.0 Å². The Balaban J connectivity index is 1.60. The summed E-state index contributed by atoms with van der Waals surface area (Å²) in [5, 5.41) is 0. The molecule has 2 saturated heterocycles. The summed E-state index contributed by atoms with van der Waals surface area (Å²) in [6.07, 6.45) is 3.18. The number of morpholine rings is 1. The quantitative estimate of drug-likeness (QED) is 0.793. The molecule has 2 aliphatic rings. The molecule has 0 bridgehead atoms. The molecule has 2 heterocycles. The summed E-state index contributed by atoms with van der Waals surface area (Å²) in [5.74, 6) is 0.917. The van der Waals surface area contributed by atoms with Gasteiger partial charge in [-0.05, 0) is 36.6 Å². The van der Waals surface area contributed by atoms with Crippen LogP contribution in [0.1, 0.15) is 18.4 Å². The van der Waals surface area contributed by atoms with Gasteiger partial charge in [-0.25, -0.2) is 0 Å². The molecule has 0 unspecified atom stereocenters. The number of nitrogens with zero attached hydrogens (tertiary/aromatic N) is 2. The van der Waals surface area contributed by atoms with Gasteiger partial charge in [-0.15, -0.1) is 0 Å². The molecule has 0 radical (unpaired) electrons. The first-order valence-electron chi connectivity index (χ1n) is 8.55. The van der Waals surface area contributed by atoms with Gasteiger partial charge >= 0.3 is 0 Å². The van der Waals surface area contributed by atoms with E-state index in [1.807, 2.05) is 17.0 Å². The second kappa shape index (κ2) is 7.36. The summed E-state index contributed by atoms with van der Waals surface area (Å²) in [6.45, 7) is 8.57. The van der Waals surface area contributed by atoms with Crippen molar-refractivity contribution in [3.63, 3.8) is 0 Å². The summed E-state index contributed by atoms with van der Waals surface area (Å²) >= 11 is 0. The molecule has 24 heavy (non-hydrogen) atoms. The Kier molecular flexibility index (Phi) is 5.21. The minimum absolute atomic E-state index is 0.0221. The fraction of sp³-hybridized carbons (Fsp3) is 0.526. The van der Waals surface area contributed by atoms with Crippen molar-refractivity contribution in [2.24, 2.45) is 0 Å². The number of likely N-dealkylation sites (tertiary alicyclic amines) is 1. The maximum absolute atomic E-state index is 11.7. The van der Waals surface area contributed by atoms with Crippen LogP contribution in [0.5, 0.6) is 5.75 Å². The van der Waals surface area contributed by atoms with Crippen molar-refractivity contribution in [1.29, 1.82) is 0 Å². The van der Waals surface area contributed by atoms with Crippen LogP contribution in [0, 0.1) is 0 Å². The lowest BCUT2D eigenvalue weighted by molar-refractivity contribution is -0.148. The van der Waals surface area contributed by atoms with Crippen molar-refractivity contribution in [3.05, 3.63) is 42.5 Å². The number of rotatable bonds is 4. The molecule has 0 aromatic heterocycles. The first-order chi connectivity index (χ1) is 11.6. The number of carbonyl (C=O) groups excluding carboxylic acids is 1. The maximum atomic E-state index is 11.7. The van der Waals surface area contributed by atoms with Crippen LogP contribution in [0.25, 0.3) is 0 Å². The molecule has 0 aliphatic carbocycles. The Morgan fingerprint density at radius 2 is 2.17 bits per heavy atom. The number of hydrogen-bond donors (Lipinski definition) is 0. The van der Waals surface area contributed by atoms with Crippen LogP contribution < -0.4 is 4.74 Å². The fourth-order valence-corrected chi connectivity index (χ4v) is 3.65. The molecule has 1 spiro atoms. The van der Waals surface area contributed by atoms with Gasteiger partial charge in [-0.2, -0.15) is 0 Å². The first-order valence-corrected chi connectivity index (χ1v) is 8.55. The Morgan fingerprint density at radius 3 is 2.88 bits per heavy atom. The molecular weight excluding hydrogens is 304 g/mol. The molecule has 130 valence electrons. The number of benzene rings is 1. The maximum Gasteiger partial charge on any atom is 0.245 e. The van der Waals surface area contributed by atoms with E-state index in [4.69, 9.17) is 9.47 Å². The van der Waals surface area contributed by atoms with E-state index in [9.17, 15) is 4.79 Å². The van der Waals surface area contributed by atoms with Crippen molar-refractivity contribution in [2.75, 3.05) is 39.9 Å². The molecule has 5 nitrogen and oxygen atoms in total. The SMILES string of the molecule is C=CC(=O)N1CCC2(CC1)CN(Cc1cccc(OC)c1)CCO2. The molecule has 0 N–H and O–H groups in total. The number of amides is 1. The molecule has 2 aliphatic heterocycles. The molecular formula is C19H26N2O3. The third kappa shape index (κ3) is 3.79. The van der Waals surface area contributed by atoms with Gasteiger partial charge in [-0.3, -0.25) is 9.69 Å². The van der Waals surface area contributed by atoms with E-state index in [0.717, 1.165) is 57.9 Å². The zero-order valence-corrected chi connectivity index (χ0v) is 14.4. The van der Waals surface area contributed by atoms with Crippen LogP contribution >= 0.6 is 0 Å². The fourth-order valence-electron chi connectivity index (χ4n) is 3.65. The highest BCUT2D eigenvalue weighted by molar-refractivity contribution is 5.87. The summed E-state index contributed by atoms with van der Waals surface area (Å²) in [5.41, 5.74) is 1.14. The standard InChI is InChI=1S/C19H26N2O3/c1-3-18(22)21-9-7-19(8-10-21)15-20(11-12-24-19)14-16-5-4-6-17(13-16)23-2/h3-6,13H,1,7-12,14-15H2,2H3. The van der Waals surface area contributed by atoms with E-state index < -0.39 is 0 Å². The average Bonchev–Trinajstić information content (AvgIpc) is 2.62. The third-order valence-electron chi connectivity index (χ3n) is 5.03. The predicted molar refractivity (Wildman–Crippen MR) is 93.0 cm³/mol. The normalized spacial score (nSPS) is 20.8. The Hall–Kier alpha value is -1.85. The molecule has 5 heteroatoms. The molecule has 0 atom stereocenters. The number of hydrogen-bond acceptors (Lipinski definition) is 4. The largest absolute Gasteiger partial charge is 0.497 e. The second-order valence-corrected chi connectivity index (χ2v) is 6.62. The van der Waals surface area contributed by atoms with E-state index >= 15 is 0 Å². The van der Waals surface area contributed by atoms with E-state index in [-0.39, 0.29) is 11.5 Å². The molecule has 0 saturated carbocycles. The third-order valence-corrected chi connectivity index (χ3v) is 5.03. The van der Waals surface area contributed by atoms with Gasteiger partial charge in [0, 0.05) is 32.7 Å². The number of piperidine rings is 1. The van der Waals surface area contributed by atoms with Crippen LogP contribution in [0.3, 0.4) is 0 Å². The van der Waals surface area contributed by atoms with Crippen LogP contribution in [0.2, 0.25) is 0 Å². The summed E-state index contributed by atoms with van der Waals surface area (Å²) in [4.78, 5) is 16.1. The molecule has 1 aromatic rings. The Bertz CT molecular complexity index is 594. The number of methoxy groups -OCH3 is 1. The lowest BCUT2D eigenvalue weighted by atomic mass is 9.89. The highest BCUT2D eigenvalue weighted by atomic mass is 16.5. The van der Waals surface area contributed by atoms with Gasteiger partial charge in [0.1, 0.15) is 5.75 Å². The van der Waals surface area contributed by atoms with E-state index in [0.29, 0.717) is 0 Å². The van der Waals surface area contributed by atoms with Gasteiger partial charge < -0.3 is 14.4 Å². The van der Waals surface area contributed by atoms with Crippen molar-refractivity contribution >= 4 is 5.91 Å². The Labute approximate surface area is 143 Å². The van der Waals surface area contributed by atoms with E-state index in [1.54, 1.807) is 7.11 Å². The van der Waals surface area contributed by atoms with Crippen LogP contribution in [-0.2, 0) is 16.1 Å². The van der Waals surface area contributed by atoms with Crippen molar-refractivity contribution in [3.8, 4) is 5.75 Å². The Morgan fingerprint density at radius 1 is 1.38 bits per heavy atom. The van der Waals surface area contributed by atoms with Gasteiger partial charge in [0.05, 0.1) is 19.3 Å². The van der Waals surface area contributed by atoms with E-state index in [2.05, 4.69) is 23.6 Å². The number of carbonyl (C=O) groups is 1. The second-order valence-electron chi connectivity index (χ2n) is 6.62. The smallest absolute Gasteiger partial charge is 0.245 e. The molecule has 2 fully saturated rings. The summed E-state index contributed by atoms with van der Waals surface area (Å²) < 4.78 is 11.5. The number of ether oxygens (including phenoxy) is 2. The minimum atomic E-state index is -0.116. The van der Waals surface area contributed by atoms with Gasteiger partial charge in [0.15, 0.2) is 0 Å². The zero-order valence-electron chi connectivity index (χ0n) is 14.4. The molecule has 1 amide bonds. The summed E-state index contributed by atoms with van der Waals surface area (Å²) in [6, 6.07) is 8.23. The zero-order chi connectivity index (χ0) is 17.0. The van der Waals surface area contributed by atoms with Gasteiger partial charge in [0.25, 0.3) is 0 Å². The highest BCUT2D eigenvalue weighted by Crippen LogP contribution is 2.31. The average molecular weight is 330 g/mol. The van der Waals surface area contributed by atoms with Crippen molar-refractivity contribution in [1.82, 2.24) is 9.80 Å². The van der Waals surface area contributed by atoms with Crippen LogP contribution in [0.15, 0.2) is 36.9 Å². The lowest BCUT2D eigenvalue weighted by Gasteiger charge is -2.47. The summed E-state index contributed by atoms with van der Waals surface area (Å²) in [7, 11) is 1.70. The van der Waals surface area contributed by atoms with Gasteiger partial charge in [0.2, 0.25) is 5.91 Å². The van der Waals surface area contributed by atoms with Crippen LogP contribution in [-0.4, -0.2) is 61.2 Å². The topological polar surface area (TPSA) is 42.0 Å². The van der Waals surface area contributed by atoms with Crippen molar-refractivity contribution < 1.29 is 14.3 Å². The first kappa shape index (κ1) is 17.0. The highest BCUT2D eigenvalue weighted by Gasteiger charge is 2.40. The monoisotopic (exact) mass is 330 g/mol. The molecule has 3 rings (SSSR count). The predicted octanol–water partition coefficient (Wildman–Crippen LogP) is 2.07.